The number of hydrogen-bond donors (Lipinski definition) is 1. The topological polar surface area (TPSA) is 170 Å². The highest BCUT2D eigenvalue weighted by Crippen LogP contribution is 2.31. The number of hydrogen-bond acceptors (Lipinski definition) is 13. The highest BCUT2D eigenvalue weighted by Gasteiger charge is 2.47. The third-order valence-electron chi connectivity index (χ3n) is 6.52. The minimum atomic E-state index is -0.808. The fourth-order valence-corrected chi connectivity index (χ4v) is 4.39. The van der Waals surface area contributed by atoms with E-state index in [4.69, 9.17) is 33.2 Å². The third kappa shape index (κ3) is 10.7. The average Bonchev–Trinajstić information content (AvgIpc) is 2.81. The maximum atomic E-state index is 11.3. The molecule has 0 aromatic rings. The van der Waals surface area contributed by atoms with Crippen molar-refractivity contribution in [1.82, 2.24) is 0 Å². The van der Waals surface area contributed by atoms with E-state index in [9.17, 15) is 29.1 Å². The first kappa shape index (κ1) is 34.3. The molecule has 0 aromatic heterocycles. The largest absolute Gasteiger partial charge is 0.463 e. The zero-order valence-electron chi connectivity index (χ0n) is 24.0. The van der Waals surface area contributed by atoms with Gasteiger partial charge < -0.3 is 38.3 Å². The molecule has 224 valence electrons. The molecule has 0 radical (unpaired) electrons. The summed E-state index contributed by atoms with van der Waals surface area (Å²) in [5, 5.41) is 9.27. The Kier molecular flexibility index (Phi) is 13.8. The van der Waals surface area contributed by atoms with Crippen molar-refractivity contribution in [2.75, 3.05) is 13.2 Å². The Labute approximate surface area is 228 Å². The first-order chi connectivity index (χ1) is 18.1. The maximum absolute atomic E-state index is 11.3. The molecule has 0 spiro atoms. The molecule has 39 heavy (non-hydrogen) atoms. The predicted molar refractivity (Wildman–Crippen MR) is 133 cm³/mol. The van der Waals surface area contributed by atoms with Gasteiger partial charge in [-0.1, -0.05) is 13.8 Å². The Morgan fingerprint density at radius 2 is 0.897 bits per heavy atom. The molecule has 1 N–H and O–H groups in total. The van der Waals surface area contributed by atoms with Crippen LogP contribution >= 0.6 is 0 Å². The van der Waals surface area contributed by atoms with Crippen molar-refractivity contribution in [2.45, 2.75) is 111 Å². The molecule has 10 atom stereocenters. The van der Waals surface area contributed by atoms with Gasteiger partial charge in [-0.05, 0) is 13.8 Å². The van der Waals surface area contributed by atoms with Gasteiger partial charge in [0.1, 0.15) is 31.0 Å². The number of esters is 5. The highest BCUT2D eigenvalue weighted by atomic mass is 16.6. The average molecular weight is 563 g/mol. The van der Waals surface area contributed by atoms with E-state index in [-0.39, 0.29) is 37.3 Å². The second-order valence-corrected chi connectivity index (χ2v) is 9.76. The van der Waals surface area contributed by atoms with E-state index in [0.29, 0.717) is 0 Å². The van der Waals surface area contributed by atoms with Crippen LogP contribution in [-0.2, 0) is 57.1 Å². The van der Waals surface area contributed by atoms with Crippen LogP contribution in [-0.4, -0.2) is 97.0 Å². The highest BCUT2D eigenvalue weighted by molar-refractivity contribution is 5.68. The van der Waals surface area contributed by atoms with Gasteiger partial charge in [-0.2, -0.15) is 0 Å². The molecule has 2 aliphatic rings. The summed E-state index contributed by atoms with van der Waals surface area (Å²) in [6.45, 7) is 13.4. The van der Waals surface area contributed by atoms with Gasteiger partial charge >= 0.3 is 29.8 Å². The van der Waals surface area contributed by atoms with Gasteiger partial charge in [0.25, 0.3) is 0 Å². The lowest BCUT2D eigenvalue weighted by molar-refractivity contribution is -0.228. The summed E-state index contributed by atoms with van der Waals surface area (Å²) in [7, 11) is 0. The van der Waals surface area contributed by atoms with Crippen LogP contribution in [0.1, 0.15) is 62.3 Å². The molecule has 13 heteroatoms. The Bertz CT molecular complexity index is 843. The number of rotatable bonds is 7. The van der Waals surface area contributed by atoms with Gasteiger partial charge in [0.05, 0.1) is 18.8 Å². The van der Waals surface area contributed by atoms with Crippen molar-refractivity contribution in [3.8, 4) is 0 Å². The summed E-state index contributed by atoms with van der Waals surface area (Å²) in [5.74, 6) is -2.68. The molecule has 10 unspecified atom stereocenters. The molecule has 2 heterocycles. The second kappa shape index (κ2) is 15.7. The normalized spacial score (nSPS) is 33.9. The molecule has 0 bridgehead atoms. The van der Waals surface area contributed by atoms with Gasteiger partial charge in [-0.25, -0.2) is 0 Å². The van der Waals surface area contributed by atoms with Crippen molar-refractivity contribution < 1.29 is 62.2 Å². The van der Waals surface area contributed by atoms with Crippen molar-refractivity contribution in [3.63, 3.8) is 0 Å². The van der Waals surface area contributed by atoms with E-state index in [1.807, 2.05) is 27.7 Å². The molecule has 2 fully saturated rings. The zero-order valence-corrected chi connectivity index (χ0v) is 24.0. The van der Waals surface area contributed by atoms with Crippen LogP contribution in [0.4, 0.5) is 0 Å². The summed E-state index contributed by atoms with van der Waals surface area (Å²) in [6.07, 6.45) is -4.61. The van der Waals surface area contributed by atoms with Crippen LogP contribution in [0.15, 0.2) is 0 Å². The molecule has 2 rings (SSSR count). The smallest absolute Gasteiger partial charge is 0.303 e. The lowest BCUT2D eigenvalue weighted by atomic mass is 9.88. The van der Waals surface area contributed by atoms with Crippen LogP contribution in [0.3, 0.4) is 0 Å². The summed E-state index contributed by atoms with van der Waals surface area (Å²) in [4.78, 5) is 55.7. The quantitative estimate of drug-likeness (QED) is 0.346. The van der Waals surface area contributed by atoms with E-state index >= 15 is 0 Å². The predicted octanol–water partition coefficient (Wildman–Crippen LogP) is 1.10. The molecule has 13 nitrogen and oxygen atoms in total. The zero-order chi connectivity index (χ0) is 30.0. The van der Waals surface area contributed by atoms with Crippen LogP contribution in [0, 0.1) is 11.8 Å². The Morgan fingerprint density at radius 3 is 1.23 bits per heavy atom. The molecule has 2 aliphatic heterocycles. The summed E-state index contributed by atoms with van der Waals surface area (Å²) >= 11 is 0. The summed E-state index contributed by atoms with van der Waals surface area (Å²) < 4.78 is 37.1. The molecule has 0 saturated carbocycles. The molecule has 2 saturated heterocycles. The van der Waals surface area contributed by atoms with Crippen LogP contribution in [0.2, 0.25) is 0 Å². The third-order valence-corrected chi connectivity index (χ3v) is 6.52. The van der Waals surface area contributed by atoms with Crippen LogP contribution < -0.4 is 0 Å². The molecular formula is C26H42O13. The summed E-state index contributed by atoms with van der Waals surface area (Å²) in [6, 6.07) is 0. The van der Waals surface area contributed by atoms with Gasteiger partial charge in [0, 0.05) is 46.5 Å². The molecule has 0 aromatic carbocycles. The van der Waals surface area contributed by atoms with Gasteiger partial charge in [-0.15, -0.1) is 0 Å². The van der Waals surface area contributed by atoms with E-state index in [1.165, 1.54) is 34.6 Å². The van der Waals surface area contributed by atoms with E-state index in [1.54, 1.807) is 0 Å². The molecular weight excluding hydrogens is 520 g/mol. The minimum absolute atomic E-state index is 0.0674. The fraction of sp³-hybridized carbons (Fsp3) is 0.808. The number of aliphatic hydroxyl groups is 1. The van der Waals surface area contributed by atoms with Crippen molar-refractivity contribution >= 4 is 29.8 Å². The lowest BCUT2D eigenvalue weighted by Crippen LogP contribution is -2.57. The van der Waals surface area contributed by atoms with Crippen LogP contribution in [0.25, 0.3) is 0 Å². The minimum Gasteiger partial charge on any atom is -0.463 e. The monoisotopic (exact) mass is 562 g/mol. The molecule has 0 aliphatic carbocycles. The van der Waals surface area contributed by atoms with Gasteiger partial charge in [0.2, 0.25) is 0 Å². The Morgan fingerprint density at radius 1 is 0.564 bits per heavy atom. The first-order valence-corrected chi connectivity index (χ1v) is 12.8. The molecule has 0 amide bonds. The number of ether oxygens (including phenoxy) is 7. The standard InChI is InChI=1S/C14H22O7.C12H20O6/c1-7-8(2)19-12(6-18-9(3)15)14(21-11(5)17)13(7)20-10(4)16;1-6-7(2)16-10(5-13)12(18-9(4)15)11(6)17-8(3)14/h7-8,12-14H,6H2,1-5H3;6-7,10-13H,5H2,1-4H3. The SMILES string of the molecule is CC(=O)OC1C(CO)OC(C)C(C)C1OC(C)=O.CC(=O)OCC1OC(C)C(C)C(OC(C)=O)C1OC(C)=O. The van der Waals surface area contributed by atoms with Gasteiger partial charge in [-0.3, -0.25) is 24.0 Å². The van der Waals surface area contributed by atoms with Gasteiger partial charge in [0.15, 0.2) is 12.2 Å². The number of carbonyl (C=O) groups excluding carboxylic acids is 5. The first-order valence-electron chi connectivity index (χ1n) is 12.8. The van der Waals surface area contributed by atoms with Crippen molar-refractivity contribution in [3.05, 3.63) is 0 Å². The van der Waals surface area contributed by atoms with Crippen molar-refractivity contribution in [1.29, 1.82) is 0 Å². The van der Waals surface area contributed by atoms with E-state index < -0.39 is 66.5 Å². The lowest BCUT2D eigenvalue weighted by Gasteiger charge is -2.43. The fourth-order valence-electron chi connectivity index (χ4n) is 4.39. The van der Waals surface area contributed by atoms with Crippen LogP contribution in [0.5, 0.6) is 0 Å². The van der Waals surface area contributed by atoms with Crippen molar-refractivity contribution in [2.24, 2.45) is 11.8 Å². The maximum Gasteiger partial charge on any atom is 0.303 e. The number of aliphatic hydroxyl groups excluding tert-OH is 1. The van der Waals surface area contributed by atoms with E-state index in [0.717, 1.165) is 0 Å². The summed E-state index contributed by atoms with van der Waals surface area (Å²) in [5.41, 5.74) is 0. The Hall–Kier alpha value is -2.77. The Balaban J connectivity index is 0.000000395. The number of carbonyl (C=O) groups is 5. The second-order valence-electron chi connectivity index (χ2n) is 9.76. The van der Waals surface area contributed by atoms with E-state index in [2.05, 4.69) is 0 Å².